The van der Waals surface area contributed by atoms with E-state index < -0.39 is 0 Å². The molecule has 3 rings (SSSR count). The Morgan fingerprint density at radius 3 is 2.73 bits per heavy atom. The molecule has 22 heavy (non-hydrogen) atoms. The first-order valence-electron chi connectivity index (χ1n) is 8.12. The van der Waals surface area contributed by atoms with E-state index in [0.29, 0.717) is 5.82 Å². The van der Waals surface area contributed by atoms with E-state index in [9.17, 15) is 4.79 Å². The van der Waals surface area contributed by atoms with Gasteiger partial charge in [0.2, 0.25) is 0 Å². The molecule has 1 aliphatic rings. The second kappa shape index (κ2) is 6.88. The van der Waals surface area contributed by atoms with E-state index in [0.717, 1.165) is 43.2 Å². The molecule has 1 heterocycles. The zero-order valence-electron chi connectivity index (χ0n) is 13.1. The fourth-order valence-corrected chi connectivity index (χ4v) is 2.77. The van der Waals surface area contributed by atoms with Crippen molar-refractivity contribution in [1.29, 1.82) is 0 Å². The minimum atomic E-state index is -0.0771. The lowest BCUT2D eigenvalue weighted by atomic mass is 10.2. The normalized spacial score (nSPS) is 14.5. The number of nitrogens with zero attached hydrogens (tertiary/aromatic N) is 2. The van der Waals surface area contributed by atoms with Gasteiger partial charge in [-0.25, -0.2) is 4.98 Å². The van der Waals surface area contributed by atoms with Crippen LogP contribution in [-0.4, -0.2) is 28.0 Å². The molecule has 0 unspecified atom stereocenters. The van der Waals surface area contributed by atoms with Crippen molar-refractivity contribution >= 4 is 0 Å². The molecule has 4 nitrogen and oxygen atoms in total. The lowest BCUT2D eigenvalue weighted by Crippen LogP contribution is -2.27. The van der Waals surface area contributed by atoms with Crippen LogP contribution >= 0.6 is 0 Å². The summed E-state index contributed by atoms with van der Waals surface area (Å²) in [7, 11) is 0. The third kappa shape index (κ3) is 4.04. The van der Waals surface area contributed by atoms with Crippen molar-refractivity contribution in [2.24, 2.45) is 5.92 Å². The van der Waals surface area contributed by atoms with Gasteiger partial charge >= 0.3 is 0 Å². The number of hydrogen-bond acceptors (Lipinski definition) is 3. The van der Waals surface area contributed by atoms with Gasteiger partial charge in [0.25, 0.3) is 5.56 Å². The van der Waals surface area contributed by atoms with Crippen LogP contribution in [0.3, 0.4) is 0 Å². The van der Waals surface area contributed by atoms with Crippen molar-refractivity contribution in [3.8, 4) is 11.4 Å². The lowest BCUT2D eigenvalue weighted by Gasteiger charge is -2.21. The average Bonchev–Trinajstić information content (AvgIpc) is 3.32. The highest BCUT2D eigenvalue weighted by Crippen LogP contribution is 2.30. The Balaban J connectivity index is 1.80. The second-order valence-corrected chi connectivity index (χ2v) is 6.13. The number of aromatic nitrogens is 2. The summed E-state index contributed by atoms with van der Waals surface area (Å²) in [5.74, 6) is 1.51. The van der Waals surface area contributed by atoms with Crippen LogP contribution in [0.2, 0.25) is 0 Å². The van der Waals surface area contributed by atoms with E-state index in [-0.39, 0.29) is 5.56 Å². The predicted octanol–water partition coefficient (Wildman–Crippen LogP) is 3.06. The van der Waals surface area contributed by atoms with Crippen molar-refractivity contribution in [2.45, 2.75) is 32.7 Å². The third-order valence-corrected chi connectivity index (χ3v) is 3.98. The minimum Gasteiger partial charge on any atom is -0.307 e. The Morgan fingerprint density at radius 1 is 1.27 bits per heavy atom. The Hall–Kier alpha value is -1.94. The SMILES string of the molecule is CCCN(Cc1cc(=O)[nH]c(-c2ccccc2)n1)CC1CC1. The standard InChI is InChI=1S/C18H23N3O/c1-2-10-21(12-14-8-9-14)13-16-11-17(22)20-18(19-16)15-6-4-3-5-7-15/h3-7,11,14H,2,8-10,12-13H2,1H3,(H,19,20,22). The van der Waals surface area contributed by atoms with E-state index in [4.69, 9.17) is 0 Å². The molecule has 1 aliphatic carbocycles. The first-order chi connectivity index (χ1) is 10.7. The van der Waals surface area contributed by atoms with Gasteiger partial charge in [-0.1, -0.05) is 37.3 Å². The molecule has 0 spiro atoms. The highest BCUT2D eigenvalue weighted by Gasteiger charge is 2.24. The third-order valence-electron chi connectivity index (χ3n) is 3.98. The van der Waals surface area contributed by atoms with Gasteiger partial charge in [0.05, 0.1) is 5.69 Å². The molecule has 0 saturated heterocycles. The Morgan fingerprint density at radius 2 is 2.05 bits per heavy atom. The van der Waals surface area contributed by atoms with E-state index in [1.165, 1.54) is 12.8 Å². The van der Waals surface area contributed by atoms with Crippen LogP contribution in [0.1, 0.15) is 31.9 Å². The van der Waals surface area contributed by atoms with Crippen LogP contribution in [0, 0.1) is 5.92 Å². The number of aromatic amines is 1. The van der Waals surface area contributed by atoms with Gasteiger partial charge in [-0.2, -0.15) is 0 Å². The second-order valence-electron chi connectivity index (χ2n) is 6.13. The first kappa shape index (κ1) is 15.0. The highest BCUT2D eigenvalue weighted by molar-refractivity contribution is 5.54. The summed E-state index contributed by atoms with van der Waals surface area (Å²) in [6, 6.07) is 11.4. The molecular weight excluding hydrogens is 274 g/mol. The fraction of sp³-hybridized carbons (Fsp3) is 0.444. The maximum atomic E-state index is 11.9. The van der Waals surface area contributed by atoms with E-state index in [1.54, 1.807) is 6.07 Å². The molecule has 0 bridgehead atoms. The van der Waals surface area contributed by atoms with Gasteiger partial charge in [0, 0.05) is 24.7 Å². The maximum absolute atomic E-state index is 11.9. The molecule has 0 aliphatic heterocycles. The average molecular weight is 297 g/mol. The monoisotopic (exact) mass is 297 g/mol. The molecule has 1 saturated carbocycles. The largest absolute Gasteiger partial charge is 0.307 e. The maximum Gasteiger partial charge on any atom is 0.251 e. The fourth-order valence-electron chi connectivity index (χ4n) is 2.77. The summed E-state index contributed by atoms with van der Waals surface area (Å²) in [6.45, 7) is 5.14. The van der Waals surface area contributed by atoms with Crippen LogP contribution in [0.15, 0.2) is 41.2 Å². The van der Waals surface area contributed by atoms with E-state index in [1.807, 2.05) is 30.3 Å². The number of benzene rings is 1. The van der Waals surface area contributed by atoms with E-state index >= 15 is 0 Å². The van der Waals surface area contributed by atoms with Gasteiger partial charge in [-0.05, 0) is 31.7 Å². The Labute approximate surface area is 131 Å². The summed E-state index contributed by atoms with van der Waals surface area (Å²) in [6.07, 6.45) is 3.82. The smallest absolute Gasteiger partial charge is 0.251 e. The molecule has 0 radical (unpaired) electrons. The quantitative estimate of drug-likeness (QED) is 0.854. The zero-order chi connectivity index (χ0) is 15.4. The summed E-state index contributed by atoms with van der Waals surface area (Å²) < 4.78 is 0. The topological polar surface area (TPSA) is 49.0 Å². The van der Waals surface area contributed by atoms with Crippen LogP contribution in [0.5, 0.6) is 0 Å². The van der Waals surface area contributed by atoms with Crippen molar-refractivity contribution in [2.75, 3.05) is 13.1 Å². The summed E-state index contributed by atoms with van der Waals surface area (Å²) in [4.78, 5) is 21.9. The summed E-state index contributed by atoms with van der Waals surface area (Å²) >= 11 is 0. The van der Waals surface area contributed by atoms with Gasteiger partial charge in [0.15, 0.2) is 0 Å². The van der Waals surface area contributed by atoms with Gasteiger partial charge in [-0.15, -0.1) is 0 Å². The zero-order valence-corrected chi connectivity index (χ0v) is 13.1. The van der Waals surface area contributed by atoms with Crippen molar-refractivity contribution in [3.63, 3.8) is 0 Å². The van der Waals surface area contributed by atoms with Crippen LogP contribution in [0.25, 0.3) is 11.4 Å². The van der Waals surface area contributed by atoms with Crippen LogP contribution in [-0.2, 0) is 6.54 Å². The van der Waals surface area contributed by atoms with Crippen molar-refractivity contribution in [1.82, 2.24) is 14.9 Å². The van der Waals surface area contributed by atoms with Crippen LogP contribution < -0.4 is 5.56 Å². The Kier molecular flexibility index (Phi) is 4.68. The van der Waals surface area contributed by atoms with Gasteiger partial charge in [0.1, 0.15) is 5.82 Å². The van der Waals surface area contributed by atoms with E-state index in [2.05, 4.69) is 21.8 Å². The number of hydrogen-bond donors (Lipinski definition) is 1. The molecule has 2 aromatic rings. The molecule has 1 aromatic heterocycles. The van der Waals surface area contributed by atoms with Gasteiger partial charge in [-0.3, -0.25) is 9.69 Å². The van der Waals surface area contributed by atoms with Crippen molar-refractivity contribution in [3.05, 3.63) is 52.4 Å². The lowest BCUT2D eigenvalue weighted by molar-refractivity contribution is 0.252. The minimum absolute atomic E-state index is 0.0771. The van der Waals surface area contributed by atoms with Crippen LogP contribution in [0.4, 0.5) is 0 Å². The molecule has 0 atom stereocenters. The Bertz CT molecular complexity index is 662. The summed E-state index contributed by atoms with van der Waals surface area (Å²) in [5.41, 5.74) is 1.73. The molecule has 1 aromatic carbocycles. The van der Waals surface area contributed by atoms with Crippen molar-refractivity contribution < 1.29 is 0 Å². The number of nitrogens with one attached hydrogen (secondary N) is 1. The number of rotatable bonds is 7. The predicted molar refractivity (Wildman–Crippen MR) is 88.6 cm³/mol. The summed E-state index contributed by atoms with van der Waals surface area (Å²) in [5, 5.41) is 0. The highest BCUT2D eigenvalue weighted by atomic mass is 16.1. The first-order valence-corrected chi connectivity index (χ1v) is 8.12. The molecule has 4 heteroatoms. The molecule has 1 N–H and O–H groups in total. The molecule has 116 valence electrons. The number of H-pyrrole nitrogens is 1. The molecular formula is C18H23N3O. The molecule has 0 amide bonds. The molecule has 1 fully saturated rings. The van der Waals surface area contributed by atoms with Gasteiger partial charge < -0.3 is 4.98 Å².